The average Bonchev–Trinajstić information content (AvgIpc) is 3.15. The van der Waals surface area contributed by atoms with Gasteiger partial charge in [-0.2, -0.15) is 5.26 Å². The zero-order valence-electron chi connectivity index (χ0n) is 13.2. The molecule has 0 unspecified atom stereocenters. The van der Waals surface area contributed by atoms with Gasteiger partial charge in [-0.15, -0.1) is 11.3 Å². The normalized spacial score (nSPS) is 13.4. The number of anilines is 1. The van der Waals surface area contributed by atoms with E-state index in [9.17, 15) is 0 Å². The van der Waals surface area contributed by atoms with Crippen LogP contribution in [0, 0.1) is 18.3 Å². The molecule has 24 heavy (non-hydrogen) atoms. The first-order valence-electron chi connectivity index (χ1n) is 7.73. The van der Waals surface area contributed by atoms with E-state index in [1.165, 1.54) is 5.56 Å². The Morgan fingerprint density at radius 3 is 2.88 bits per heavy atom. The van der Waals surface area contributed by atoms with Crippen molar-refractivity contribution in [2.75, 3.05) is 11.4 Å². The Labute approximate surface area is 144 Å². The molecule has 0 N–H and O–H groups in total. The number of thiazole rings is 1. The standard InChI is InChI=1S/C18H15N5S/c1-12-4-13(6-19)7-22-18(12)23-3-2-16-15(10-23)5-14(8-21-16)17-9-20-11-24-17/h4-5,7-9,11H,2-3,10H2,1H3. The summed E-state index contributed by atoms with van der Waals surface area (Å²) in [4.78, 5) is 16.7. The number of aromatic nitrogens is 3. The van der Waals surface area contributed by atoms with Gasteiger partial charge in [-0.05, 0) is 30.2 Å². The first-order chi connectivity index (χ1) is 11.7. The van der Waals surface area contributed by atoms with Crippen LogP contribution in [0.4, 0.5) is 5.82 Å². The second-order valence-electron chi connectivity index (χ2n) is 5.84. The van der Waals surface area contributed by atoms with E-state index in [0.29, 0.717) is 5.56 Å². The third-order valence-electron chi connectivity index (χ3n) is 4.24. The summed E-state index contributed by atoms with van der Waals surface area (Å²) in [6.45, 7) is 3.68. The van der Waals surface area contributed by atoms with Gasteiger partial charge in [0.1, 0.15) is 11.9 Å². The van der Waals surface area contributed by atoms with E-state index in [4.69, 9.17) is 5.26 Å². The zero-order valence-corrected chi connectivity index (χ0v) is 14.0. The molecule has 0 spiro atoms. The van der Waals surface area contributed by atoms with Crippen LogP contribution in [0.5, 0.6) is 0 Å². The van der Waals surface area contributed by atoms with Crippen LogP contribution in [-0.4, -0.2) is 21.5 Å². The average molecular weight is 333 g/mol. The van der Waals surface area contributed by atoms with Crippen LogP contribution in [0.2, 0.25) is 0 Å². The summed E-state index contributed by atoms with van der Waals surface area (Å²) in [6.07, 6.45) is 6.36. The Hall–Kier alpha value is -2.78. The van der Waals surface area contributed by atoms with Crippen molar-refractivity contribution in [1.82, 2.24) is 15.0 Å². The van der Waals surface area contributed by atoms with E-state index >= 15 is 0 Å². The van der Waals surface area contributed by atoms with Gasteiger partial charge in [0.25, 0.3) is 0 Å². The molecule has 1 aliphatic heterocycles. The van der Waals surface area contributed by atoms with Crippen LogP contribution in [0.3, 0.4) is 0 Å². The maximum Gasteiger partial charge on any atom is 0.131 e. The van der Waals surface area contributed by atoms with E-state index in [1.54, 1.807) is 17.5 Å². The molecule has 0 aromatic carbocycles. The summed E-state index contributed by atoms with van der Waals surface area (Å²) in [5, 5.41) is 9.00. The lowest BCUT2D eigenvalue weighted by Gasteiger charge is -2.30. The van der Waals surface area contributed by atoms with Crippen molar-refractivity contribution in [3.63, 3.8) is 0 Å². The molecular weight excluding hydrogens is 318 g/mol. The van der Waals surface area contributed by atoms with E-state index < -0.39 is 0 Å². The van der Waals surface area contributed by atoms with Gasteiger partial charge in [0.15, 0.2) is 0 Å². The molecular formula is C18H15N5S. The number of pyridine rings is 2. The molecule has 0 amide bonds. The fourth-order valence-corrected chi connectivity index (χ4v) is 3.66. The van der Waals surface area contributed by atoms with Crippen molar-refractivity contribution in [3.8, 4) is 16.5 Å². The molecule has 3 aromatic rings. The number of nitriles is 1. The maximum absolute atomic E-state index is 9.00. The van der Waals surface area contributed by atoms with E-state index in [2.05, 4.69) is 32.0 Å². The fraction of sp³-hybridized carbons (Fsp3) is 0.222. The Balaban J connectivity index is 1.66. The Kier molecular flexibility index (Phi) is 3.71. The molecule has 0 fully saturated rings. The number of hydrogen-bond donors (Lipinski definition) is 0. The van der Waals surface area contributed by atoms with Crippen LogP contribution in [0.25, 0.3) is 10.4 Å². The molecule has 118 valence electrons. The smallest absolute Gasteiger partial charge is 0.131 e. The van der Waals surface area contributed by atoms with Crippen molar-refractivity contribution in [3.05, 3.63) is 58.6 Å². The minimum absolute atomic E-state index is 0.600. The van der Waals surface area contributed by atoms with Crippen LogP contribution < -0.4 is 4.90 Å². The van der Waals surface area contributed by atoms with Crippen LogP contribution >= 0.6 is 11.3 Å². The minimum Gasteiger partial charge on any atom is -0.352 e. The van der Waals surface area contributed by atoms with Gasteiger partial charge in [0.05, 0.1) is 16.0 Å². The van der Waals surface area contributed by atoms with Crippen LogP contribution in [-0.2, 0) is 13.0 Å². The minimum atomic E-state index is 0.600. The molecule has 3 aromatic heterocycles. The first-order valence-corrected chi connectivity index (χ1v) is 8.61. The van der Waals surface area contributed by atoms with Gasteiger partial charge < -0.3 is 4.90 Å². The summed E-state index contributed by atoms with van der Waals surface area (Å²) in [5.74, 6) is 0.947. The largest absolute Gasteiger partial charge is 0.352 e. The van der Waals surface area contributed by atoms with Gasteiger partial charge in [0.2, 0.25) is 0 Å². The highest BCUT2D eigenvalue weighted by Gasteiger charge is 2.20. The van der Waals surface area contributed by atoms with Gasteiger partial charge >= 0.3 is 0 Å². The van der Waals surface area contributed by atoms with E-state index in [1.807, 2.05) is 30.9 Å². The monoisotopic (exact) mass is 333 g/mol. The molecule has 0 bridgehead atoms. The van der Waals surface area contributed by atoms with Crippen molar-refractivity contribution in [2.45, 2.75) is 19.9 Å². The molecule has 4 heterocycles. The molecule has 4 rings (SSSR count). The molecule has 0 saturated carbocycles. The summed E-state index contributed by atoms with van der Waals surface area (Å²) in [5.41, 5.74) is 6.98. The lowest BCUT2D eigenvalue weighted by Crippen LogP contribution is -2.32. The molecule has 0 saturated heterocycles. The van der Waals surface area contributed by atoms with Crippen molar-refractivity contribution < 1.29 is 0 Å². The second kappa shape index (κ2) is 6.02. The molecule has 6 heteroatoms. The predicted octanol–water partition coefficient (Wildman–Crippen LogP) is 3.34. The number of hydrogen-bond acceptors (Lipinski definition) is 6. The first kappa shape index (κ1) is 14.8. The second-order valence-corrected chi connectivity index (χ2v) is 6.73. The topological polar surface area (TPSA) is 65.7 Å². The lowest BCUT2D eigenvalue weighted by atomic mass is 10.0. The van der Waals surface area contributed by atoms with Gasteiger partial charge in [0, 0.05) is 49.4 Å². The number of nitrogens with zero attached hydrogens (tertiary/aromatic N) is 5. The van der Waals surface area contributed by atoms with E-state index in [0.717, 1.165) is 47.0 Å². The van der Waals surface area contributed by atoms with Crippen LogP contribution in [0.1, 0.15) is 22.4 Å². The highest BCUT2D eigenvalue weighted by atomic mass is 32.1. The number of rotatable bonds is 2. The Morgan fingerprint density at radius 1 is 1.21 bits per heavy atom. The van der Waals surface area contributed by atoms with Crippen molar-refractivity contribution >= 4 is 17.2 Å². The molecule has 0 atom stereocenters. The van der Waals surface area contributed by atoms with Crippen LogP contribution in [0.15, 0.2) is 36.2 Å². The highest BCUT2D eigenvalue weighted by Crippen LogP contribution is 2.29. The maximum atomic E-state index is 9.00. The summed E-state index contributed by atoms with van der Waals surface area (Å²) in [7, 11) is 0. The van der Waals surface area contributed by atoms with Gasteiger partial charge in [-0.1, -0.05) is 0 Å². The SMILES string of the molecule is Cc1cc(C#N)cnc1N1CCc2ncc(-c3cncs3)cc2C1. The predicted molar refractivity (Wildman–Crippen MR) is 93.8 cm³/mol. The molecule has 1 aliphatic rings. The molecule has 5 nitrogen and oxygen atoms in total. The number of fused-ring (bicyclic) bond motifs is 1. The third-order valence-corrected chi connectivity index (χ3v) is 5.06. The fourth-order valence-electron chi connectivity index (χ4n) is 3.06. The Bertz CT molecular complexity index is 927. The Morgan fingerprint density at radius 2 is 2.12 bits per heavy atom. The lowest BCUT2D eigenvalue weighted by molar-refractivity contribution is 0.701. The van der Waals surface area contributed by atoms with Gasteiger partial charge in [-0.3, -0.25) is 9.97 Å². The summed E-state index contributed by atoms with van der Waals surface area (Å²) >= 11 is 1.62. The highest BCUT2D eigenvalue weighted by molar-refractivity contribution is 7.13. The quantitative estimate of drug-likeness (QED) is 0.719. The third kappa shape index (κ3) is 2.63. The molecule has 0 radical (unpaired) electrons. The summed E-state index contributed by atoms with van der Waals surface area (Å²) < 4.78 is 0. The van der Waals surface area contributed by atoms with E-state index in [-0.39, 0.29) is 0 Å². The zero-order chi connectivity index (χ0) is 16.5. The number of aryl methyl sites for hydroxylation is 1. The van der Waals surface area contributed by atoms with Crippen molar-refractivity contribution in [2.24, 2.45) is 0 Å². The van der Waals surface area contributed by atoms with Crippen molar-refractivity contribution in [1.29, 1.82) is 5.26 Å². The molecule has 0 aliphatic carbocycles. The van der Waals surface area contributed by atoms with Gasteiger partial charge in [-0.25, -0.2) is 4.98 Å². The summed E-state index contributed by atoms with van der Waals surface area (Å²) in [6, 6.07) is 6.24.